The molecule has 0 aliphatic rings. The summed E-state index contributed by atoms with van der Waals surface area (Å²) in [5.41, 5.74) is 3.65. The molecular weight excluding hydrogens is 424 g/mol. The van der Waals surface area contributed by atoms with E-state index in [1.165, 1.54) is 0 Å². The first-order valence-electron chi connectivity index (χ1n) is 11.8. The molecule has 0 radical (unpaired) electrons. The van der Waals surface area contributed by atoms with Gasteiger partial charge in [0, 0.05) is 22.8 Å². The molecule has 34 heavy (non-hydrogen) atoms. The molecule has 0 amide bonds. The van der Waals surface area contributed by atoms with Gasteiger partial charge in [-0.25, -0.2) is 4.79 Å². The summed E-state index contributed by atoms with van der Waals surface area (Å²) in [5, 5.41) is 15.4. The molecule has 1 unspecified atom stereocenters. The Kier molecular flexibility index (Phi) is 7.76. The van der Waals surface area contributed by atoms with Crippen molar-refractivity contribution in [1.82, 2.24) is 4.98 Å². The Morgan fingerprint density at radius 2 is 1.74 bits per heavy atom. The molecule has 2 N–H and O–H groups in total. The van der Waals surface area contributed by atoms with Crippen LogP contribution in [-0.4, -0.2) is 22.7 Å². The van der Waals surface area contributed by atoms with E-state index in [1.54, 1.807) is 18.3 Å². The Labute approximate surface area is 200 Å². The fourth-order valence-electron chi connectivity index (χ4n) is 4.01. The van der Waals surface area contributed by atoms with Crippen molar-refractivity contribution in [2.75, 3.05) is 11.9 Å². The quantitative estimate of drug-likeness (QED) is 0.202. The molecule has 3 aromatic carbocycles. The minimum Gasteiger partial charge on any atom is -0.505 e. The van der Waals surface area contributed by atoms with Crippen LogP contribution in [0.2, 0.25) is 0 Å². The van der Waals surface area contributed by atoms with Crippen molar-refractivity contribution in [3.8, 4) is 5.75 Å². The van der Waals surface area contributed by atoms with Gasteiger partial charge in [-0.15, -0.1) is 0 Å². The number of phenolic OH excluding ortho intramolecular Hbond substituents is 1. The van der Waals surface area contributed by atoms with Gasteiger partial charge in [-0.3, -0.25) is 4.98 Å². The highest BCUT2D eigenvalue weighted by molar-refractivity contribution is 5.90. The monoisotopic (exact) mass is 454 g/mol. The molecule has 0 aliphatic heterocycles. The summed E-state index contributed by atoms with van der Waals surface area (Å²) in [6, 6.07) is 24.6. The van der Waals surface area contributed by atoms with Gasteiger partial charge in [-0.1, -0.05) is 74.7 Å². The van der Waals surface area contributed by atoms with Gasteiger partial charge in [0.2, 0.25) is 0 Å². The third-order valence-corrected chi connectivity index (χ3v) is 5.89. The van der Waals surface area contributed by atoms with Gasteiger partial charge in [0.25, 0.3) is 0 Å². The number of anilines is 1. The number of nitrogens with zero attached hydrogens (tertiary/aromatic N) is 1. The lowest BCUT2D eigenvalue weighted by Gasteiger charge is -2.22. The van der Waals surface area contributed by atoms with E-state index in [0.717, 1.165) is 47.9 Å². The normalized spacial score (nSPS) is 11.8. The van der Waals surface area contributed by atoms with Gasteiger partial charge in [0.15, 0.2) is 0 Å². The highest BCUT2D eigenvalue weighted by atomic mass is 16.5. The maximum atomic E-state index is 12.3. The van der Waals surface area contributed by atoms with Crippen LogP contribution in [0.5, 0.6) is 5.75 Å². The second-order valence-electron chi connectivity index (χ2n) is 8.34. The minimum absolute atomic E-state index is 0.155. The van der Waals surface area contributed by atoms with Crippen molar-refractivity contribution in [2.45, 2.75) is 38.6 Å². The number of nitrogens with one attached hydrogen (secondary N) is 1. The molecule has 0 aliphatic carbocycles. The van der Waals surface area contributed by atoms with Gasteiger partial charge in [-0.05, 0) is 42.3 Å². The van der Waals surface area contributed by atoms with Crippen molar-refractivity contribution < 1.29 is 14.6 Å². The van der Waals surface area contributed by atoms with Gasteiger partial charge in [-0.2, -0.15) is 0 Å². The minimum atomic E-state index is -0.305. The Balaban J connectivity index is 1.54. The van der Waals surface area contributed by atoms with Gasteiger partial charge >= 0.3 is 5.97 Å². The maximum absolute atomic E-state index is 12.3. The van der Waals surface area contributed by atoms with Crippen LogP contribution >= 0.6 is 0 Å². The number of ether oxygens (including phenoxy) is 1. The standard InChI is InChI=1S/C29H30N2O3/c1-2-3-4-8-20-34-29(33)23-13-16-24(17-14-23)31-26(21-10-6-5-7-11-21)25-18-15-22-12-9-19-30-27(22)28(25)32/h5-7,9-19,26,31-32H,2-4,8,20H2,1H3. The van der Waals surface area contributed by atoms with E-state index in [9.17, 15) is 9.90 Å². The summed E-state index contributed by atoms with van der Waals surface area (Å²) in [6.07, 6.45) is 5.95. The number of hydrogen-bond donors (Lipinski definition) is 2. The van der Waals surface area contributed by atoms with E-state index in [0.29, 0.717) is 17.7 Å². The van der Waals surface area contributed by atoms with Crippen LogP contribution in [0.3, 0.4) is 0 Å². The van der Waals surface area contributed by atoms with Gasteiger partial charge in [0.05, 0.1) is 18.2 Å². The van der Waals surface area contributed by atoms with Crippen molar-refractivity contribution in [3.63, 3.8) is 0 Å². The first-order chi connectivity index (χ1) is 16.7. The molecule has 4 rings (SSSR count). The van der Waals surface area contributed by atoms with Crippen LogP contribution < -0.4 is 5.32 Å². The number of fused-ring (bicyclic) bond motifs is 1. The molecule has 0 bridgehead atoms. The zero-order valence-electron chi connectivity index (χ0n) is 19.4. The van der Waals surface area contributed by atoms with Crippen molar-refractivity contribution in [3.05, 3.63) is 102 Å². The Bertz CT molecular complexity index is 1220. The lowest BCUT2D eigenvalue weighted by atomic mass is 9.96. The van der Waals surface area contributed by atoms with Crippen LogP contribution in [0.4, 0.5) is 5.69 Å². The van der Waals surface area contributed by atoms with Crippen molar-refractivity contribution in [1.29, 1.82) is 0 Å². The molecule has 4 aromatic rings. The summed E-state index contributed by atoms with van der Waals surface area (Å²) in [6.45, 7) is 2.60. The van der Waals surface area contributed by atoms with E-state index in [2.05, 4.69) is 17.2 Å². The molecular formula is C29H30N2O3. The molecule has 1 heterocycles. The predicted molar refractivity (Wildman–Crippen MR) is 136 cm³/mol. The SMILES string of the molecule is CCCCCCOC(=O)c1ccc(NC(c2ccccc2)c2ccc3cccnc3c2O)cc1. The summed E-state index contributed by atoms with van der Waals surface area (Å²) in [7, 11) is 0. The molecule has 5 heteroatoms. The summed E-state index contributed by atoms with van der Waals surface area (Å²) in [4.78, 5) is 16.7. The van der Waals surface area contributed by atoms with Crippen LogP contribution in [0.1, 0.15) is 60.1 Å². The number of phenols is 1. The molecule has 174 valence electrons. The zero-order valence-corrected chi connectivity index (χ0v) is 19.4. The second kappa shape index (κ2) is 11.3. The number of carbonyl (C=O) groups is 1. The smallest absolute Gasteiger partial charge is 0.338 e. The Morgan fingerprint density at radius 1 is 0.941 bits per heavy atom. The largest absolute Gasteiger partial charge is 0.505 e. The van der Waals surface area contributed by atoms with E-state index in [4.69, 9.17) is 4.74 Å². The fraction of sp³-hybridized carbons (Fsp3) is 0.241. The summed E-state index contributed by atoms with van der Waals surface area (Å²) in [5.74, 6) is -0.149. The predicted octanol–water partition coefficient (Wildman–Crippen LogP) is 6.88. The van der Waals surface area contributed by atoms with Gasteiger partial charge in [0.1, 0.15) is 11.3 Å². The van der Waals surface area contributed by atoms with Crippen LogP contribution in [0.15, 0.2) is 85.1 Å². The average molecular weight is 455 g/mol. The molecule has 1 atom stereocenters. The first-order valence-corrected chi connectivity index (χ1v) is 11.8. The third kappa shape index (κ3) is 5.54. The molecule has 0 spiro atoms. The third-order valence-electron chi connectivity index (χ3n) is 5.89. The number of aromatic nitrogens is 1. The van der Waals surface area contributed by atoms with E-state index in [1.807, 2.05) is 66.7 Å². The Morgan fingerprint density at radius 3 is 2.50 bits per heavy atom. The number of esters is 1. The molecule has 1 aromatic heterocycles. The first kappa shape index (κ1) is 23.3. The lowest BCUT2D eigenvalue weighted by molar-refractivity contribution is 0.0498. The summed E-state index contributed by atoms with van der Waals surface area (Å²) < 4.78 is 5.39. The van der Waals surface area contributed by atoms with Crippen molar-refractivity contribution >= 4 is 22.6 Å². The van der Waals surface area contributed by atoms with Crippen LogP contribution in [0, 0.1) is 0 Å². The van der Waals surface area contributed by atoms with E-state index < -0.39 is 0 Å². The molecule has 5 nitrogen and oxygen atoms in total. The zero-order chi connectivity index (χ0) is 23.8. The average Bonchev–Trinajstić information content (AvgIpc) is 2.88. The number of unbranched alkanes of at least 4 members (excludes halogenated alkanes) is 3. The highest BCUT2D eigenvalue weighted by Crippen LogP contribution is 2.36. The summed E-state index contributed by atoms with van der Waals surface area (Å²) >= 11 is 0. The number of aromatic hydroxyl groups is 1. The van der Waals surface area contributed by atoms with Crippen LogP contribution in [-0.2, 0) is 4.74 Å². The van der Waals surface area contributed by atoms with Crippen LogP contribution in [0.25, 0.3) is 10.9 Å². The number of benzene rings is 3. The Hall–Kier alpha value is -3.86. The van der Waals surface area contributed by atoms with E-state index in [-0.39, 0.29) is 17.8 Å². The van der Waals surface area contributed by atoms with Crippen molar-refractivity contribution in [2.24, 2.45) is 0 Å². The molecule has 0 saturated carbocycles. The second-order valence-corrected chi connectivity index (χ2v) is 8.34. The topological polar surface area (TPSA) is 71.5 Å². The fourth-order valence-corrected chi connectivity index (χ4v) is 4.01. The number of hydrogen-bond acceptors (Lipinski definition) is 5. The number of carbonyl (C=O) groups excluding carboxylic acids is 1. The molecule has 0 fully saturated rings. The maximum Gasteiger partial charge on any atom is 0.338 e. The van der Waals surface area contributed by atoms with Gasteiger partial charge < -0.3 is 15.2 Å². The number of rotatable bonds is 10. The number of pyridine rings is 1. The lowest BCUT2D eigenvalue weighted by Crippen LogP contribution is -2.13. The highest BCUT2D eigenvalue weighted by Gasteiger charge is 2.20. The van der Waals surface area contributed by atoms with E-state index >= 15 is 0 Å². The molecule has 0 saturated heterocycles.